The first kappa shape index (κ1) is 18.8. The first-order valence-electron chi connectivity index (χ1n) is 7.29. The quantitative estimate of drug-likeness (QED) is 0.813. The summed E-state index contributed by atoms with van der Waals surface area (Å²) in [5.74, 6) is -1.21. The average Bonchev–Trinajstić information content (AvgIpc) is 2.58. The molecule has 1 atom stereocenters. The minimum absolute atomic E-state index is 0.334. The van der Waals surface area contributed by atoms with Crippen LogP contribution in [0, 0.1) is 11.6 Å². The summed E-state index contributed by atoms with van der Waals surface area (Å²) in [4.78, 5) is 12.2. The molecule has 0 aliphatic carbocycles. The summed E-state index contributed by atoms with van der Waals surface area (Å²) in [6.07, 6.45) is 0. The zero-order valence-electron chi connectivity index (χ0n) is 13.8. The summed E-state index contributed by atoms with van der Waals surface area (Å²) in [5.41, 5.74) is 0.772. The van der Waals surface area contributed by atoms with E-state index in [1.807, 2.05) is 0 Å². The van der Waals surface area contributed by atoms with Gasteiger partial charge in [-0.2, -0.15) is 0 Å². The molecule has 0 bridgehead atoms. The fourth-order valence-electron chi connectivity index (χ4n) is 2.18. The Hall–Kier alpha value is -2.54. The van der Waals surface area contributed by atoms with Crippen LogP contribution < -0.4 is 20.1 Å². The Labute approximate surface area is 148 Å². The van der Waals surface area contributed by atoms with E-state index in [2.05, 4.69) is 10.6 Å². The normalized spacial score (nSPS) is 11.6. The van der Waals surface area contributed by atoms with Crippen molar-refractivity contribution in [1.29, 1.82) is 0 Å². The Kier molecular flexibility index (Phi) is 6.03. The molecule has 0 aliphatic rings. The molecular formula is C17H17ClF2N2O3. The number of methoxy groups -OCH3 is 2. The van der Waals surface area contributed by atoms with Gasteiger partial charge in [-0.3, -0.25) is 0 Å². The predicted molar refractivity (Wildman–Crippen MR) is 91.5 cm³/mol. The van der Waals surface area contributed by atoms with Gasteiger partial charge in [0.2, 0.25) is 0 Å². The van der Waals surface area contributed by atoms with Gasteiger partial charge in [0.25, 0.3) is 0 Å². The molecule has 0 aliphatic heterocycles. The summed E-state index contributed by atoms with van der Waals surface area (Å²) in [5, 5.41) is 5.57. The highest BCUT2D eigenvalue weighted by atomic mass is 35.5. The lowest BCUT2D eigenvalue weighted by Gasteiger charge is -2.17. The van der Waals surface area contributed by atoms with Gasteiger partial charge >= 0.3 is 6.03 Å². The highest BCUT2D eigenvalue weighted by Crippen LogP contribution is 2.35. The maximum Gasteiger partial charge on any atom is 0.319 e. The van der Waals surface area contributed by atoms with Gasteiger partial charge in [-0.15, -0.1) is 0 Å². The maximum absolute atomic E-state index is 13.3. The zero-order chi connectivity index (χ0) is 18.6. The summed E-state index contributed by atoms with van der Waals surface area (Å²) in [6.45, 7) is 1.64. The van der Waals surface area contributed by atoms with Crippen LogP contribution in [0.25, 0.3) is 0 Å². The number of carbonyl (C=O) groups is 1. The molecule has 0 saturated carbocycles. The van der Waals surface area contributed by atoms with E-state index in [1.165, 1.54) is 32.4 Å². The van der Waals surface area contributed by atoms with Gasteiger partial charge in [-0.1, -0.05) is 17.7 Å². The van der Waals surface area contributed by atoms with E-state index < -0.39 is 23.7 Å². The molecule has 2 aromatic rings. The van der Waals surface area contributed by atoms with Crippen molar-refractivity contribution >= 4 is 23.3 Å². The highest BCUT2D eigenvalue weighted by Gasteiger charge is 2.15. The molecular weight excluding hydrogens is 354 g/mol. The fourth-order valence-corrected chi connectivity index (χ4v) is 2.41. The van der Waals surface area contributed by atoms with Crippen molar-refractivity contribution in [2.75, 3.05) is 19.5 Å². The van der Waals surface area contributed by atoms with E-state index in [-0.39, 0.29) is 0 Å². The molecule has 5 nitrogen and oxygen atoms in total. The van der Waals surface area contributed by atoms with Gasteiger partial charge in [0.1, 0.15) is 11.5 Å². The van der Waals surface area contributed by atoms with Crippen LogP contribution in [0.2, 0.25) is 5.02 Å². The van der Waals surface area contributed by atoms with Crippen LogP contribution in [-0.4, -0.2) is 20.3 Å². The number of amides is 2. The van der Waals surface area contributed by atoms with Crippen molar-refractivity contribution in [1.82, 2.24) is 5.32 Å². The largest absolute Gasteiger partial charge is 0.495 e. The van der Waals surface area contributed by atoms with E-state index in [1.54, 1.807) is 6.92 Å². The number of urea groups is 1. The standard InChI is InChI=1S/C17H17ClF2N2O3/c1-9(10-4-5-12(19)13(20)6-10)21-17(23)22-14-8-15(24-2)11(18)7-16(14)25-3/h4-9H,1-3H3,(H2,21,22,23). The molecule has 0 fully saturated rings. The van der Waals surface area contributed by atoms with Crippen molar-refractivity contribution in [3.8, 4) is 11.5 Å². The number of ether oxygens (including phenoxy) is 2. The third-order valence-electron chi connectivity index (χ3n) is 3.51. The van der Waals surface area contributed by atoms with Gasteiger partial charge < -0.3 is 20.1 Å². The number of rotatable bonds is 5. The SMILES string of the molecule is COc1cc(NC(=O)NC(C)c2ccc(F)c(F)c2)c(OC)cc1Cl. The molecule has 0 aromatic heterocycles. The number of benzene rings is 2. The number of hydrogen-bond donors (Lipinski definition) is 2. The van der Waals surface area contributed by atoms with Crippen LogP contribution in [0.5, 0.6) is 11.5 Å². The first-order valence-corrected chi connectivity index (χ1v) is 7.67. The third-order valence-corrected chi connectivity index (χ3v) is 3.81. The molecule has 2 rings (SSSR count). The van der Waals surface area contributed by atoms with Gasteiger partial charge in [-0.25, -0.2) is 13.6 Å². The Morgan fingerprint density at radius 3 is 2.36 bits per heavy atom. The van der Waals surface area contributed by atoms with Crippen molar-refractivity contribution < 1.29 is 23.0 Å². The molecule has 25 heavy (non-hydrogen) atoms. The summed E-state index contributed by atoms with van der Waals surface area (Å²) in [6, 6.07) is 5.36. The topological polar surface area (TPSA) is 59.6 Å². The molecule has 0 heterocycles. The van der Waals surface area contributed by atoms with Gasteiger partial charge in [0.05, 0.1) is 31.0 Å². The van der Waals surface area contributed by atoms with Crippen molar-refractivity contribution in [2.24, 2.45) is 0 Å². The van der Waals surface area contributed by atoms with E-state index >= 15 is 0 Å². The summed E-state index contributed by atoms with van der Waals surface area (Å²) in [7, 11) is 2.88. The van der Waals surface area contributed by atoms with E-state index in [4.69, 9.17) is 21.1 Å². The predicted octanol–water partition coefficient (Wildman–Crippen LogP) is 4.52. The van der Waals surface area contributed by atoms with Gasteiger partial charge in [-0.05, 0) is 24.6 Å². The molecule has 8 heteroatoms. The monoisotopic (exact) mass is 370 g/mol. The zero-order valence-corrected chi connectivity index (χ0v) is 14.6. The van der Waals surface area contributed by atoms with Crippen molar-refractivity contribution in [3.63, 3.8) is 0 Å². The molecule has 1 unspecified atom stereocenters. The van der Waals surface area contributed by atoms with Gasteiger partial charge in [0.15, 0.2) is 11.6 Å². The average molecular weight is 371 g/mol. The molecule has 0 spiro atoms. The minimum Gasteiger partial charge on any atom is -0.495 e. The van der Waals surface area contributed by atoms with Crippen LogP contribution in [-0.2, 0) is 0 Å². The lowest BCUT2D eigenvalue weighted by Crippen LogP contribution is -2.31. The van der Waals surface area contributed by atoms with Crippen LogP contribution in [0.4, 0.5) is 19.3 Å². The lowest BCUT2D eigenvalue weighted by atomic mass is 10.1. The molecule has 134 valence electrons. The van der Waals surface area contributed by atoms with Crippen LogP contribution in [0.1, 0.15) is 18.5 Å². The fraction of sp³-hybridized carbons (Fsp3) is 0.235. The first-order chi connectivity index (χ1) is 11.8. The van der Waals surface area contributed by atoms with Crippen LogP contribution in [0.15, 0.2) is 30.3 Å². The van der Waals surface area contributed by atoms with Gasteiger partial charge in [0, 0.05) is 12.1 Å². The number of anilines is 1. The second-order valence-electron chi connectivity index (χ2n) is 5.18. The summed E-state index contributed by atoms with van der Waals surface area (Å²) >= 11 is 6.01. The Balaban J connectivity index is 2.12. The minimum atomic E-state index is -0.976. The van der Waals surface area contributed by atoms with Crippen molar-refractivity contribution in [2.45, 2.75) is 13.0 Å². The van der Waals surface area contributed by atoms with E-state index in [0.29, 0.717) is 27.8 Å². The summed E-state index contributed by atoms with van der Waals surface area (Å²) < 4.78 is 36.6. The second-order valence-corrected chi connectivity index (χ2v) is 5.59. The van der Waals surface area contributed by atoms with E-state index in [0.717, 1.165) is 12.1 Å². The Morgan fingerprint density at radius 2 is 1.76 bits per heavy atom. The Bertz CT molecular complexity index is 787. The number of nitrogens with one attached hydrogen (secondary N) is 2. The molecule has 0 saturated heterocycles. The Morgan fingerprint density at radius 1 is 1.08 bits per heavy atom. The van der Waals surface area contributed by atoms with Crippen molar-refractivity contribution in [3.05, 3.63) is 52.6 Å². The maximum atomic E-state index is 13.3. The second kappa shape index (κ2) is 8.02. The van der Waals surface area contributed by atoms with Crippen LogP contribution >= 0.6 is 11.6 Å². The lowest BCUT2D eigenvalue weighted by molar-refractivity contribution is 0.249. The molecule has 2 amide bonds. The molecule has 2 aromatic carbocycles. The molecule has 2 N–H and O–H groups in total. The number of carbonyl (C=O) groups excluding carboxylic acids is 1. The number of hydrogen-bond acceptors (Lipinski definition) is 3. The van der Waals surface area contributed by atoms with Crippen LogP contribution in [0.3, 0.4) is 0 Å². The third kappa shape index (κ3) is 4.51. The van der Waals surface area contributed by atoms with E-state index in [9.17, 15) is 13.6 Å². The smallest absolute Gasteiger partial charge is 0.319 e. The highest BCUT2D eigenvalue weighted by molar-refractivity contribution is 6.32. The number of halogens is 3. The molecule has 0 radical (unpaired) electrons.